The van der Waals surface area contributed by atoms with Gasteiger partial charge in [0, 0.05) is 18.7 Å². The standard InChI is InChI=1S/C15H14BClFN5O2/c16-10-5-9(13(24)11(17)6-10)7-20-22-15-19-8-12(18)14(21-15)23-1-3-25-4-2-23/h5-8,24H,1-4H2,(H,19,21,22)/b20-7+. The van der Waals surface area contributed by atoms with Crippen LogP contribution in [0.2, 0.25) is 5.02 Å². The SMILES string of the molecule is [B]c1cc(Cl)c(O)c(/C=N/Nc2ncc(F)c(N3CCOCC3)n2)c1. The lowest BCUT2D eigenvalue weighted by atomic mass is 9.94. The molecule has 0 saturated carbocycles. The van der Waals surface area contributed by atoms with E-state index in [0.29, 0.717) is 37.3 Å². The second-order valence-electron chi connectivity index (χ2n) is 5.28. The summed E-state index contributed by atoms with van der Waals surface area (Å²) in [7, 11) is 5.67. The first-order valence-electron chi connectivity index (χ1n) is 7.47. The Morgan fingerprint density at radius 3 is 2.92 bits per heavy atom. The Bertz CT molecular complexity index is 802. The number of nitrogens with zero attached hydrogens (tertiary/aromatic N) is 4. The van der Waals surface area contributed by atoms with Crippen LogP contribution in [0, 0.1) is 5.82 Å². The Hall–Kier alpha value is -2.39. The minimum atomic E-state index is -0.517. The molecule has 1 aromatic heterocycles. The molecule has 0 bridgehead atoms. The third-order valence-electron chi connectivity index (χ3n) is 3.52. The highest BCUT2D eigenvalue weighted by Crippen LogP contribution is 2.24. The number of phenols is 1. The van der Waals surface area contributed by atoms with Crippen LogP contribution < -0.4 is 15.8 Å². The van der Waals surface area contributed by atoms with Gasteiger partial charge in [0.2, 0.25) is 5.95 Å². The molecule has 2 N–H and O–H groups in total. The van der Waals surface area contributed by atoms with Crippen molar-refractivity contribution in [2.75, 3.05) is 36.6 Å². The monoisotopic (exact) mass is 361 g/mol. The van der Waals surface area contributed by atoms with Crippen molar-refractivity contribution >= 4 is 42.9 Å². The fourth-order valence-corrected chi connectivity index (χ4v) is 2.54. The number of hydrazone groups is 1. The van der Waals surface area contributed by atoms with E-state index in [4.69, 9.17) is 24.2 Å². The van der Waals surface area contributed by atoms with Gasteiger partial charge in [0.25, 0.3) is 0 Å². The third kappa shape index (κ3) is 4.18. The summed E-state index contributed by atoms with van der Waals surface area (Å²) in [4.78, 5) is 9.75. The van der Waals surface area contributed by atoms with E-state index in [0.717, 1.165) is 6.20 Å². The molecule has 1 fully saturated rings. The molecule has 0 spiro atoms. The van der Waals surface area contributed by atoms with Crippen LogP contribution in [-0.2, 0) is 4.74 Å². The highest BCUT2D eigenvalue weighted by atomic mass is 35.5. The number of benzene rings is 1. The lowest BCUT2D eigenvalue weighted by molar-refractivity contribution is 0.122. The summed E-state index contributed by atoms with van der Waals surface area (Å²) in [6.45, 7) is 2.12. The van der Waals surface area contributed by atoms with Crippen LogP contribution in [0.25, 0.3) is 0 Å². The van der Waals surface area contributed by atoms with E-state index >= 15 is 0 Å². The summed E-state index contributed by atoms with van der Waals surface area (Å²) in [5.74, 6) is -0.355. The van der Waals surface area contributed by atoms with Crippen molar-refractivity contribution < 1.29 is 14.2 Å². The average molecular weight is 362 g/mol. The summed E-state index contributed by atoms with van der Waals surface area (Å²) in [5.41, 5.74) is 3.31. The van der Waals surface area contributed by atoms with Crippen LogP contribution in [-0.4, -0.2) is 55.4 Å². The number of hydrogen-bond donors (Lipinski definition) is 2. The van der Waals surface area contributed by atoms with Crippen molar-refractivity contribution in [3.63, 3.8) is 0 Å². The molecular formula is C15H14BClFN5O2. The number of nitrogens with one attached hydrogen (secondary N) is 1. The van der Waals surface area contributed by atoms with Gasteiger partial charge in [-0.3, -0.25) is 0 Å². The maximum absolute atomic E-state index is 13.9. The Balaban J connectivity index is 1.75. The number of halogens is 2. The molecule has 128 valence electrons. The zero-order valence-electron chi connectivity index (χ0n) is 13.1. The van der Waals surface area contributed by atoms with Crippen LogP contribution in [0.1, 0.15) is 5.56 Å². The number of ether oxygens (including phenoxy) is 1. The Morgan fingerprint density at radius 2 is 2.16 bits per heavy atom. The van der Waals surface area contributed by atoms with Gasteiger partial charge in [0.05, 0.1) is 30.6 Å². The summed E-state index contributed by atoms with van der Waals surface area (Å²) in [5, 5.41) is 13.9. The van der Waals surface area contributed by atoms with Gasteiger partial charge in [-0.2, -0.15) is 10.1 Å². The fourth-order valence-electron chi connectivity index (χ4n) is 2.31. The average Bonchev–Trinajstić information content (AvgIpc) is 2.61. The smallest absolute Gasteiger partial charge is 0.245 e. The van der Waals surface area contributed by atoms with E-state index < -0.39 is 5.82 Å². The summed E-state index contributed by atoms with van der Waals surface area (Å²) < 4.78 is 19.2. The molecular weight excluding hydrogens is 347 g/mol. The number of morpholine rings is 1. The molecule has 0 amide bonds. The van der Waals surface area contributed by atoms with Gasteiger partial charge >= 0.3 is 0 Å². The van der Waals surface area contributed by atoms with Gasteiger partial charge in [0.15, 0.2) is 11.6 Å². The topological polar surface area (TPSA) is 82.9 Å². The minimum absolute atomic E-state index is 0.119. The van der Waals surface area contributed by atoms with Gasteiger partial charge in [-0.25, -0.2) is 14.8 Å². The van der Waals surface area contributed by atoms with Crippen LogP contribution in [0.3, 0.4) is 0 Å². The zero-order valence-corrected chi connectivity index (χ0v) is 13.9. The van der Waals surface area contributed by atoms with E-state index in [1.807, 2.05) is 0 Å². The van der Waals surface area contributed by atoms with E-state index in [1.165, 1.54) is 18.3 Å². The Labute approximate surface area is 149 Å². The second-order valence-corrected chi connectivity index (χ2v) is 5.68. The van der Waals surface area contributed by atoms with Gasteiger partial charge in [0.1, 0.15) is 13.6 Å². The molecule has 1 aliphatic heterocycles. The summed E-state index contributed by atoms with van der Waals surface area (Å²) in [6, 6.07) is 2.94. The van der Waals surface area contributed by atoms with Crippen molar-refractivity contribution in [2.45, 2.75) is 0 Å². The predicted octanol–water partition coefficient (Wildman–Crippen LogP) is 1.05. The van der Waals surface area contributed by atoms with Crippen LogP contribution >= 0.6 is 11.6 Å². The second kappa shape index (κ2) is 7.67. The van der Waals surface area contributed by atoms with Gasteiger partial charge in [-0.1, -0.05) is 23.1 Å². The van der Waals surface area contributed by atoms with Crippen molar-refractivity contribution in [1.29, 1.82) is 0 Å². The largest absolute Gasteiger partial charge is 0.506 e. The highest BCUT2D eigenvalue weighted by Gasteiger charge is 2.17. The van der Waals surface area contributed by atoms with Crippen LogP contribution in [0.5, 0.6) is 5.75 Å². The molecule has 10 heteroatoms. The molecule has 0 atom stereocenters. The zero-order chi connectivity index (χ0) is 17.8. The maximum atomic E-state index is 13.9. The van der Waals surface area contributed by atoms with E-state index in [1.54, 1.807) is 4.90 Å². The van der Waals surface area contributed by atoms with Gasteiger partial charge in [-0.05, 0) is 6.07 Å². The number of aromatic hydroxyl groups is 1. The first-order valence-corrected chi connectivity index (χ1v) is 7.84. The predicted molar refractivity (Wildman–Crippen MR) is 94.7 cm³/mol. The highest BCUT2D eigenvalue weighted by molar-refractivity contribution is 6.37. The van der Waals surface area contributed by atoms with Crippen LogP contribution in [0.15, 0.2) is 23.4 Å². The third-order valence-corrected chi connectivity index (χ3v) is 3.81. The maximum Gasteiger partial charge on any atom is 0.245 e. The van der Waals surface area contributed by atoms with Crippen LogP contribution in [0.4, 0.5) is 16.2 Å². The first kappa shape index (κ1) is 17.4. The Morgan fingerprint density at radius 1 is 1.40 bits per heavy atom. The molecule has 2 heterocycles. The Kier molecular flexibility index (Phi) is 5.35. The van der Waals surface area contributed by atoms with Gasteiger partial charge in [-0.15, -0.1) is 0 Å². The van der Waals surface area contributed by atoms with E-state index in [2.05, 4.69) is 20.5 Å². The van der Waals surface area contributed by atoms with Crippen molar-refractivity contribution in [2.24, 2.45) is 5.10 Å². The first-order chi connectivity index (χ1) is 12.0. The van der Waals surface area contributed by atoms with Crippen molar-refractivity contribution in [3.8, 4) is 5.75 Å². The molecule has 1 aromatic carbocycles. The molecule has 3 rings (SSSR count). The molecule has 1 aliphatic rings. The summed E-state index contributed by atoms with van der Waals surface area (Å²) in [6.07, 6.45) is 2.39. The fraction of sp³-hybridized carbons (Fsp3) is 0.267. The molecule has 25 heavy (non-hydrogen) atoms. The molecule has 1 saturated heterocycles. The molecule has 2 radical (unpaired) electrons. The normalized spacial score (nSPS) is 14.9. The van der Waals surface area contributed by atoms with E-state index in [9.17, 15) is 9.50 Å². The lowest BCUT2D eigenvalue weighted by Crippen LogP contribution is -2.37. The molecule has 0 unspecified atom stereocenters. The number of aromatic nitrogens is 2. The summed E-state index contributed by atoms with van der Waals surface area (Å²) >= 11 is 5.85. The number of hydrogen-bond acceptors (Lipinski definition) is 7. The number of phenolic OH excluding ortho intramolecular Hbond substituents is 1. The minimum Gasteiger partial charge on any atom is -0.506 e. The molecule has 7 nitrogen and oxygen atoms in total. The van der Waals surface area contributed by atoms with E-state index in [-0.39, 0.29) is 22.5 Å². The molecule has 0 aliphatic carbocycles. The van der Waals surface area contributed by atoms with Gasteiger partial charge < -0.3 is 14.7 Å². The lowest BCUT2D eigenvalue weighted by Gasteiger charge is -2.27. The number of rotatable bonds is 4. The molecule has 2 aromatic rings. The quantitative estimate of drug-likeness (QED) is 0.481. The number of anilines is 2. The van der Waals surface area contributed by atoms with Crippen molar-refractivity contribution in [3.05, 3.63) is 34.7 Å². The van der Waals surface area contributed by atoms with Crippen molar-refractivity contribution in [1.82, 2.24) is 9.97 Å².